The van der Waals surface area contributed by atoms with Crippen molar-refractivity contribution < 1.29 is 29.7 Å². The molecule has 2 aromatic heterocycles. The number of carbonyl (C=O) groups is 3. The topological polar surface area (TPSA) is 199 Å². The molecule has 15 heteroatoms. The van der Waals surface area contributed by atoms with Gasteiger partial charge in [-0.15, -0.1) is 15.3 Å². The van der Waals surface area contributed by atoms with Crippen molar-refractivity contribution in [2.75, 3.05) is 5.33 Å². The predicted molar refractivity (Wildman–Crippen MR) is 365 cm³/mol. The van der Waals surface area contributed by atoms with E-state index in [0.29, 0.717) is 86.7 Å². The number of aryl methyl sites for hydroxylation is 2. The Kier molecular flexibility index (Phi) is 21.4. The first kappa shape index (κ1) is 72.8. The van der Waals surface area contributed by atoms with E-state index in [2.05, 4.69) is 109 Å². The lowest BCUT2D eigenvalue weighted by Crippen LogP contribution is -2.56. The van der Waals surface area contributed by atoms with Gasteiger partial charge in [0.15, 0.2) is 17.4 Å². The highest BCUT2D eigenvalue weighted by Gasteiger charge is 2.66. The molecule has 0 radical (unpaired) electrons. The second-order valence-electron chi connectivity index (χ2n) is 34.6. The average Bonchev–Trinajstić information content (AvgIpc) is 1.71. The molecule has 0 saturated heterocycles. The zero-order valence-corrected chi connectivity index (χ0v) is 58.1. The SMILES string of the molecule is C.C.C.CC[C@]12CC[C@@](C)(O)C[C@@H]1CC[C@H]1[C@@H]3CC[C@H](C(=O)CBr)[C@@]3(C)CC[C@@H]12.CC[C@]12CC[C@@](C)(O)C[C@@H]1CC[C@H]1[C@@H]3CC[C@H](C(=O)Cn4nnc(C)n4)[C@@]3(C)CC[C@@H]12.CC[C@]12CC[C@@](C)(O)C[C@@H]1CC[C@H]1[C@@H]3CC[C@H](C(=O)Cn4nnnc4C)[C@@]3(C)CC[C@@H]12. The Balaban J connectivity index is 0.000000160. The molecule has 0 bridgehead atoms. The van der Waals surface area contributed by atoms with Crippen LogP contribution in [0.15, 0.2) is 0 Å². The second kappa shape index (κ2) is 26.7. The van der Waals surface area contributed by atoms with Crippen molar-refractivity contribution in [3.8, 4) is 0 Å². The molecule has 0 aliphatic heterocycles. The number of hydrogen-bond acceptors (Lipinski definition) is 12. The molecule has 14 nitrogen and oxygen atoms in total. The Hall–Kier alpha value is -2.49. The summed E-state index contributed by atoms with van der Waals surface area (Å²) >= 11 is 3.44. The second-order valence-corrected chi connectivity index (χ2v) is 35.2. The number of hydrogen-bond donors (Lipinski definition) is 3. The molecule has 12 aliphatic rings. The van der Waals surface area contributed by atoms with Gasteiger partial charge in [-0.05, 0) is 346 Å². The van der Waals surface area contributed by atoms with Crippen LogP contribution in [0.25, 0.3) is 0 Å². The van der Waals surface area contributed by atoms with Gasteiger partial charge in [0.25, 0.3) is 0 Å². The summed E-state index contributed by atoms with van der Waals surface area (Å²) in [5.74, 6) is 11.8. The van der Waals surface area contributed by atoms with Crippen molar-refractivity contribution in [1.82, 2.24) is 40.4 Å². The van der Waals surface area contributed by atoms with E-state index in [1.165, 1.54) is 140 Å². The maximum absolute atomic E-state index is 13.4. The molecule has 14 rings (SSSR count). The van der Waals surface area contributed by atoms with E-state index in [1.54, 1.807) is 4.68 Å². The van der Waals surface area contributed by atoms with Gasteiger partial charge in [0.2, 0.25) is 0 Å². The monoisotopic (exact) mass is 1330 g/mol. The molecule has 91 heavy (non-hydrogen) atoms. The van der Waals surface area contributed by atoms with Crippen molar-refractivity contribution >= 4 is 33.3 Å². The third kappa shape index (κ3) is 12.4. The molecule has 3 N–H and O–H groups in total. The van der Waals surface area contributed by atoms with Crippen LogP contribution in [0.3, 0.4) is 0 Å². The van der Waals surface area contributed by atoms with Crippen LogP contribution in [0.5, 0.6) is 0 Å². The number of Topliss-reactive ketones (excluding diaryl/α,β-unsaturated/α-hetero) is 3. The minimum absolute atomic E-state index is 0. The summed E-state index contributed by atoms with van der Waals surface area (Å²) in [5.41, 5.74) is 0.390. The van der Waals surface area contributed by atoms with E-state index >= 15 is 0 Å². The number of alkyl halides is 1. The summed E-state index contributed by atoms with van der Waals surface area (Å²) in [6.45, 7) is 24.9. The van der Waals surface area contributed by atoms with E-state index in [1.807, 2.05) is 13.8 Å². The van der Waals surface area contributed by atoms with Crippen LogP contribution in [0.1, 0.15) is 289 Å². The van der Waals surface area contributed by atoms with E-state index in [9.17, 15) is 29.7 Å². The van der Waals surface area contributed by atoms with Crippen molar-refractivity contribution in [2.45, 2.75) is 321 Å². The number of rotatable bonds is 11. The van der Waals surface area contributed by atoms with Crippen LogP contribution in [0, 0.1) is 135 Å². The summed E-state index contributed by atoms with van der Waals surface area (Å²) in [4.78, 5) is 40.7. The van der Waals surface area contributed by atoms with Gasteiger partial charge in [-0.3, -0.25) is 14.4 Å². The van der Waals surface area contributed by atoms with Crippen LogP contribution in [-0.2, 0) is 27.5 Å². The molecule has 0 amide bonds. The van der Waals surface area contributed by atoms with Crippen molar-refractivity contribution in [1.29, 1.82) is 0 Å². The van der Waals surface area contributed by atoms with Gasteiger partial charge in [-0.1, -0.05) is 79.8 Å². The maximum atomic E-state index is 13.4. The molecule has 516 valence electrons. The van der Waals surface area contributed by atoms with Crippen LogP contribution in [-0.4, -0.2) is 95.2 Å². The van der Waals surface area contributed by atoms with Gasteiger partial charge in [-0.2, -0.15) is 4.80 Å². The highest BCUT2D eigenvalue weighted by Crippen LogP contribution is 2.73. The van der Waals surface area contributed by atoms with Gasteiger partial charge in [0.1, 0.15) is 24.7 Å². The lowest BCUT2D eigenvalue weighted by molar-refractivity contribution is -0.158. The lowest BCUT2D eigenvalue weighted by Gasteiger charge is -2.63. The first-order valence-electron chi connectivity index (χ1n) is 36.4. The summed E-state index contributed by atoms with van der Waals surface area (Å²) < 4.78 is 1.66. The molecule has 2 heterocycles. The Morgan fingerprint density at radius 2 is 0.813 bits per heavy atom. The summed E-state index contributed by atoms with van der Waals surface area (Å²) in [5, 5.41) is 56.6. The van der Waals surface area contributed by atoms with Crippen molar-refractivity contribution in [2.24, 2.45) is 121 Å². The minimum Gasteiger partial charge on any atom is -0.390 e. The van der Waals surface area contributed by atoms with E-state index in [4.69, 9.17) is 0 Å². The smallest absolute Gasteiger partial charge is 0.171 e. The average molecular weight is 1330 g/mol. The van der Waals surface area contributed by atoms with Crippen LogP contribution < -0.4 is 0 Å². The molecule has 0 aromatic carbocycles. The van der Waals surface area contributed by atoms with Gasteiger partial charge in [0, 0.05) is 17.8 Å². The third-order valence-corrected chi connectivity index (χ3v) is 31.6. The van der Waals surface area contributed by atoms with E-state index < -0.39 is 16.8 Å². The van der Waals surface area contributed by atoms with Gasteiger partial charge < -0.3 is 15.3 Å². The number of nitrogens with zero attached hydrogens (tertiary/aromatic N) is 8. The highest BCUT2D eigenvalue weighted by molar-refractivity contribution is 9.09. The number of aliphatic hydroxyl groups is 3. The zero-order chi connectivity index (χ0) is 62.8. The van der Waals surface area contributed by atoms with Crippen LogP contribution >= 0.6 is 15.9 Å². The van der Waals surface area contributed by atoms with Gasteiger partial charge in [0.05, 0.1) is 22.1 Å². The first-order valence-corrected chi connectivity index (χ1v) is 37.6. The van der Waals surface area contributed by atoms with E-state index in [-0.39, 0.29) is 62.8 Å². The van der Waals surface area contributed by atoms with Crippen LogP contribution in [0.4, 0.5) is 0 Å². The first-order chi connectivity index (χ1) is 41.7. The highest BCUT2D eigenvalue weighted by atomic mass is 79.9. The Bertz CT molecular complexity index is 2870. The normalized spacial score (nSPS) is 47.2. The quantitative estimate of drug-likeness (QED) is 0.180. The van der Waals surface area contributed by atoms with Gasteiger partial charge >= 0.3 is 0 Å². The van der Waals surface area contributed by atoms with Crippen molar-refractivity contribution in [3.63, 3.8) is 0 Å². The molecule has 12 saturated carbocycles. The Labute approximate surface area is 559 Å². The molecule has 0 spiro atoms. The third-order valence-electron chi connectivity index (χ3n) is 31.1. The number of tetrazole rings is 2. The standard InChI is InChI=1S/2C25H40N4O2.C23H37BrO2.3CH4/c1-5-25-13-12-23(3,31)14-17(25)6-7-18-19-8-9-21(24(19,4)11-10-20(18)25)22(30)15-29-16(2)26-27-28-29;1-5-25-13-12-23(3,31)14-17(25)6-7-18-19-8-9-21(24(19,4)11-10-20(18)25)22(30)15-29-27-16(2)26-28-29;1-4-23-12-11-21(2,26)13-15(23)5-6-16-17-7-8-19(20(25)14-24)22(17,3)10-9-18(16)23;;;/h2*17-21,31H,5-15H2,1-4H3;15-19,26H,4-14H2,1-3H3;3*1H4/t2*17-,18-,19-,20-,21+,23+,24-,25-;15-,16-,17-,18-,19+,21+,22-,23-;;;/m000.../s1. The number of aromatic nitrogens is 8. The predicted octanol–water partition coefficient (Wildman–Crippen LogP) is 16.4. The molecule has 0 unspecified atom stereocenters. The Morgan fingerprint density at radius 3 is 1.13 bits per heavy atom. The summed E-state index contributed by atoms with van der Waals surface area (Å²) in [6.07, 6.45) is 35.2. The molecule has 24 atom stereocenters. The molecule has 12 aliphatic carbocycles. The zero-order valence-electron chi connectivity index (χ0n) is 56.5. The number of ketones is 3. The molecule has 2 aromatic rings. The fourth-order valence-corrected chi connectivity index (χ4v) is 27.2. The molecular weight excluding hydrogens is 1200 g/mol. The number of carbonyl (C=O) groups excluding carboxylic acids is 3. The van der Waals surface area contributed by atoms with Gasteiger partial charge in [-0.25, -0.2) is 4.68 Å². The van der Waals surface area contributed by atoms with E-state index in [0.717, 1.165) is 99.2 Å². The largest absolute Gasteiger partial charge is 0.390 e. The molecular formula is C76H129BrN8O6. The summed E-state index contributed by atoms with van der Waals surface area (Å²) in [6, 6.07) is 0. The minimum atomic E-state index is -0.474. The number of fused-ring (bicyclic) bond motifs is 15. The number of halogens is 1. The molecule has 12 fully saturated rings. The van der Waals surface area contributed by atoms with Crippen LogP contribution in [0.2, 0.25) is 0 Å². The maximum Gasteiger partial charge on any atom is 0.171 e. The Morgan fingerprint density at radius 1 is 0.451 bits per heavy atom. The van der Waals surface area contributed by atoms with Crippen molar-refractivity contribution in [3.05, 3.63) is 11.6 Å². The lowest BCUT2D eigenvalue weighted by atomic mass is 9.42. The summed E-state index contributed by atoms with van der Waals surface area (Å²) in [7, 11) is 0. The fraction of sp³-hybridized carbons (Fsp3) is 0.934. The fourth-order valence-electron chi connectivity index (χ4n) is 26.8.